The number of aryl methyl sites for hydroxylation is 2. The molecule has 154 valence electrons. The van der Waals surface area contributed by atoms with Crippen LogP contribution in [-0.2, 0) is 13.6 Å². The number of ether oxygens (including phenoxy) is 1. The Balaban J connectivity index is 1.92. The number of nitrogens with one attached hydrogen (secondary N) is 2. The summed E-state index contributed by atoms with van der Waals surface area (Å²) in [7, 11) is 1.58. The molecule has 0 amide bonds. The Hall–Kier alpha value is -3.36. The maximum absolute atomic E-state index is 12.4. The summed E-state index contributed by atoms with van der Waals surface area (Å²) in [6.45, 7) is 7.34. The standard InChI is InChI=1S/C20H26N6O3/c1-5-29-15-8-6-14(7-9-15)12-21-24-19-22-17-16(26(19)11-10-13(2)3)18(27)23-20(28)25(17)4/h6-9,12-13H,5,10-11H2,1-4H3,(H,22,24)(H,23,27,28)/b21-12+. The summed E-state index contributed by atoms with van der Waals surface area (Å²) in [5.41, 5.74) is 3.51. The van der Waals surface area contributed by atoms with Crippen molar-refractivity contribution in [3.8, 4) is 5.75 Å². The third-order valence-corrected chi connectivity index (χ3v) is 4.51. The minimum Gasteiger partial charge on any atom is -0.494 e. The van der Waals surface area contributed by atoms with Gasteiger partial charge in [-0.3, -0.25) is 14.3 Å². The largest absolute Gasteiger partial charge is 0.494 e. The summed E-state index contributed by atoms with van der Waals surface area (Å²) in [4.78, 5) is 31.1. The minimum atomic E-state index is -0.500. The van der Waals surface area contributed by atoms with Gasteiger partial charge in [-0.15, -0.1) is 0 Å². The summed E-state index contributed by atoms with van der Waals surface area (Å²) in [5, 5.41) is 4.25. The van der Waals surface area contributed by atoms with Crippen molar-refractivity contribution in [1.29, 1.82) is 0 Å². The molecule has 0 radical (unpaired) electrons. The number of hydrogen-bond donors (Lipinski definition) is 2. The second-order valence-corrected chi connectivity index (χ2v) is 7.13. The molecule has 3 rings (SSSR count). The van der Waals surface area contributed by atoms with Gasteiger partial charge < -0.3 is 9.30 Å². The van der Waals surface area contributed by atoms with Crippen molar-refractivity contribution >= 4 is 23.3 Å². The van der Waals surface area contributed by atoms with E-state index in [2.05, 4.69) is 34.3 Å². The number of rotatable bonds is 8. The van der Waals surface area contributed by atoms with Gasteiger partial charge in [-0.2, -0.15) is 10.1 Å². The van der Waals surface area contributed by atoms with E-state index in [1.54, 1.807) is 17.8 Å². The summed E-state index contributed by atoms with van der Waals surface area (Å²) >= 11 is 0. The Morgan fingerprint density at radius 1 is 1.28 bits per heavy atom. The van der Waals surface area contributed by atoms with E-state index in [1.165, 1.54) is 4.57 Å². The van der Waals surface area contributed by atoms with Gasteiger partial charge in [0.1, 0.15) is 5.75 Å². The first kappa shape index (κ1) is 20.4. The zero-order valence-corrected chi connectivity index (χ0v) is 17.1. The lowest BCUT2D eigenvalue weighted by Crippen LogP contribution is -2.29. The summed E-state index contributed by atoms with van der Waals surface area (Å²) in [6, 6.07) is 7.54. The maximum Gasteiger partial charge on any atom is 0.329 e. The van der Waals surface area contributed by atoms with E-state index in [0.717, 1.165) is 17.7 Å². The number of aromatic nitrogens is 4. The molecule has 1 aromatic carbocycles. The van der Waals surface area contributed by atoms with Gasteiger partial charge in [-0.05, 0) is 49.1 Å². The number of imidazole rings is 1. The highest BCUT2D eigenvalue weighted by Crippen LogP contribution is 2.17. The first-order valence-corrected chi connectivity index (χ1v) is 9.62. The van der Waals surface area contributed by atoms with E-state index in [-0.39, 0.29) is 0 Å². The molecule has 9 heteroatoms. The highest BCUT2D eigenvalue weighted by Gasteiger charge is 2.17. The van der Waals surface area contributed by atoms with Gasteiger partial charge in [0.15, 0.2) is 11.2 Å². The number of benzene rings is 1. The third-order valence-electron chi connectivity index (χ3n) is 4.51. The molecule has 0 spiro atoms. The van der Waals surface area contributed by atoms with Crippen molar-refractivity contribution in [2.45, 2.75) is 33.7 Å². The van der Waals surface area contributed by atoms with Crippen LogP contribution in [0, 0.1) is 5.92 Å². The molecule has 9 nitrogen and oxygen atoms in total. The smallest absolute Gasteiger partial charge is 0.329 e. The summed E-state index contributed by atoms with van der Waals surface area (Å²) in [6.07, 6.45) is 2.51. The SMILES string of the molecule is CCOc1ccc(/C=N/Nc2nc3c(c(=O)[nH]c(=O)n3C)n2CCC(C)C)cc1. The molecule has 2 aromatic heterocycles. The Morgan fingerprint density at radius 2 is 2.00 bits per heavy atom. The van der Waals surface area contributed by atoms with Crippen molar-refractivity contribution in [3.63, 3.8) is 0 Å². The number of anilines is 1. The van der Waals surface area contributed by atoms with Crippen LogP contribution >= 0.6 is 0 Å². The number of H-pyrrole nitrogens is 1. The van der Waals surface area contributed by atoms with E-state index in [9.17, 15) is 9.59 Å². The van der Waals surface area contributed by atoms with Crippen molar-refractivity contribution in [1.82, 2.24) is 19.1 Å². The normalized spacial score (nSPS) is 11.6. The van der Waals surface area contributed by atoms with E-state index < -0.39 is 11.2 Å². The fraction of sp³-hybridized carbons (Fsp3) is 0.400. The molecular weight excluding hydrogens is 372 g/mol. The predicted molar refractivity (Wildman–Crippen MR) is 114 cm³/mol. The first-order valence-electron chi connectivity index (χ1n) is 9.62. The Bertz CT molecular complexity index is 1120. The highest BCUT2D eigenvalue weighted by molar-refractivity contribution is 5.80. The summed E-state index contributed by atoms with van der Waals surface area (Å²) in [5.74, 6) is 1.65. The van der Waals surface area contributed by atoms with Crippen LogP contribution in [0.1, 0.15) is 32.8 Å². The number of aromatic amines is 1. The Kier molecular flexibility index (Phi) is 6.16. The van der Waals surface area contributed by atoms with Crippen LogP contribution in [-0.4, -0.2) is 31.9 Å². The van der Waals surface area contributed by atoms with Crippen molar-refractivity contribution in [2.24, 2.45) is 18.1 Å². The molecule has 0 unspecified atom stereocenters. The van der Waals surface area contributed by atoms with Crippen molar-refractivity contribution in [2.75, 3.05) is 12.0 Å². The van der Waals surface area contributed by atoms with Gasteiger partial charge in [0, 0.05) is 13.6 Å². The third kappa shape index (κ3) is 4.56. The van der Waals surface area contributed by atoms with E-state index in [1.807, 2.05) is 31.2 Å². The molecule has 29 heavy (non-hydrogen) atoms. The number of nitrogens with zero attached hydrogens (tertiary/aromatic N) is 4. The predicted octanol–water partition coefficient (Wildman–Crippen LogP) is 2.31. The quantitative estimate of drug-likeness (QED) is 0.447. The molecule has 0 atom stereocenters. The van der Waals surface area contributed by atoms with Crippen LogP contribution in [0.3, 0.4) is 0 Å². The molecular formula is C20H26N6O3. The molecule has 0 bridgehead atoms. The van der Waals surface area contributed by atoms with Crippen LogP contribution in [0.15, 0.2) is 39.0 Å². The number of fused-ring (bicyclic) bond motifs is 1. The maximum atomic E-state index is 12.4. The molecule has 0 aliphatic carbocycles. The van der Waals surface area contributed by atoms with E-state index in [4.69, 9.17) is 4.74 Å². The van der Waals surface area contributed by atoms with Crippen LogP contribution in [0.25, 0.3) is 11.2 Å². The average Bonchev–Trinajstić information content (AvgIpc) is 3.05. The van der Waals surface area contributed by atoms with Gasteiger partial charge in [0.2, 0.25) is 5.95 Å². The zero-order chi connectivity index (χ0) is 21.0. The average molecular weight is 398 g/mol. The number of hydrazone groups is 1. The lowest BCUT2D eigenvalue weighted by atomic mass is 10.1. The topological polar surface area (TPSA) is 106 Å². The molecule has 2 N–H and O–H groups in total. The van der Waals surface area contributed by atoms with E-state index >= 15 is 0 Å². The Labute approximate surface area is 168 Å². The molecule has 2 heterocycles. The fourth-order valence-corrected chi connectivity index (χ4v) is 2.91. The van der Waals surface area contributed by atoms with Crippen LogP contribution in [0.4, 0.5) is 5.95 Å². The lowest BCUT2D eigenvalue weighted by Gasteiger charge is -2.09. The van der Waals surface area contributed by atoms with Crippen LogP contribution in [0.2, 0.25) is 0 Å². The molecule has 0 aliphatic rings. The second kappa shape index (κ2) is 8.76. The van der Waals surface area contributed by atoms with Crippen LogP contribution in [0.5, 0.6) is 5.75 Å². The monoisotopic (exact) mass is 398 g/mol. The van der Waals surface area contributed by atoms with Gasteiger partial charge in [-0.1, -0.05) is 13.8 Å². The second-order valence-electron chi connectivity index (χ2n) is 7.13. The molecule has 3 aromatic rings. The highest BCUT2D eigenvalue weighted by atomic mass is 16.5. The van der Waals surface area contributed by atoms with Crippen LogP contribution < -0.4 is 21.4 Å². The van der Waals surface area contributed by atoms with Crippen molar-refractivity contribution in [3.05, 3.63) is 50.7 Å². The van der Waals surface area contributed by atoms with Gasteiger partial charge in [0.05, 0.1) is 12.8 Å². The molecule has 0 fully saturated rings. The Morgan fingerprint density at radius 3 is 2.66 bits per heavy atom. The first-order chi connectivity index (χ1) is 13.9. The van der Waals surface area contributed by atoms with E-state index in [0.29, 0.717) is 36.2 Å². The van der Waals surface area contributed by atoms with Gasteiger partial charge >= 0.3 is 5.69 Å². The summed E-state index contributed by atoms with van der Waals surface area (Å²) < 4.78 is 8.52. The molecule has 0 saturated heterocycles. The van der Waals surface area contributed by atoms with Gasteiger partial charge in [-0.25, -0.2) is 10.2 Å². The van der Waals surface area contributed by atoms with Gasteiger partial charge in [0.25, 0.3) is 5.56 Å². The molecule has 0 aliphatic heterocycles. The number of hydrogen-bond acceptors (Lipinski definition) is 6. The fourth-order valence-electron chi connectivity index (χ4n) is 2.91. The zero-order valence-electron chi connectivity index (χ0n) is 17.1. The lowest BCUT2D eigenvalue weighted by molar-refractivity contribution is 0.340. The van der Waals surface area contributed by atoms with Crippen molar-refractivity contribution < 1.29 is 4.74 Å². The molecule has 0 saturated carbocycles. The minimum absolute atomic E-state index is 0.321.